The summed E-state index contributed by atoms with van der Waals surface area (Å²) in [6.07, 6.45) is 0. The van der Waals surface area contributed by atoms with Crippen LogP contribution in [0.1, 0.15) is 5.56 Å². The Bertz CT molecular complexity index is 547. The molecule has 0 bridgehead atoms. The fourth-order valence-electron chi connectivity index (χ4n) is 2.56. The second-order valence-corrected chi connectivity index (χ2v) is 4.93. The quantitative estimate of drug-likeness (QED) is 0.876. The van der Waals surface area contributed by atoms with Crippen molar-refractivity contribution in [3.05, 3.63) is 17.7 Å². The molecule has 1 aromatic carbocycles. The molecular formula is C14H17NO6. The van der Waals surface area contributed by atoms with E-state index in [1.54, 1.807) is 7.11 Å². The summed E-state index contributed by atoms with van der Waals surface area (Å²) < 4.78 is 21.3. The van der Waals surface area contributed by atoms with Gasteiger partial charge in [0.2, 0.25) is 12.5 Å². The van der Waals surface area contributed by atoms with E-state index < -0.39 is 12.0 Å². The zero-order valence-corrected chi connectivity index (χ0v) is 11.7. The Morgan fingerprint density at radius 3 is 3.10 bits per heavy atom. The first-order chi connectivity index (χ1) is 10.2. The number of hydrogen-bond acceptors (Lipinski definition) is 6. The lowest BCUT2D eigenvalue weighted by Crippen LogP contribution is -2.49. The normalized spacial score (nSPS) is 21.3. The molecule has 2 aliphatic heterocycles. The van der Waals surface area contributed by atoms with E-state index in [9.17, 15) is 9.90 Å². The first-order valence-corrected chi connectivity index (χ1v) is 6.70. The Kier molecular flexibility index (Phi) is 3.85. The first kappa shape index (κ1) is 14.0. The highest BCUT2D eigenvalue weighted by Crippen LogP contribution is 2.42. The molecular weight excluding hydrogens is 278 g/mol. The van der Waals surface area contributed by atoms with Crippen molar-refractivity contribution in [1.82, 2.24) is 4.90 Å². The van der Waals surface area contributed by atoms with Crippen molar-refractivity contribution >= 4 is 5.97 Å². The highest BCUT2D eigenvalue weighted by molar-refractivity contribution is 5.73. The number of carboxylic acid groups (broad SMARTS) is 1. The average Bonchev–Trinajstić information content (AvgIpc) is 2.95. The van der Waals surface area contributed by atoms with Crippen LogP contribution in [0.15, 0.2) is 12.1 Å². The second kappa shape index (κ2) is 5.79. The Morgan fingerprint density at radius 2 is 2.33 bits per heavy atom. The maximum Gasteiger partial charge on any atom is 0.323 e. The predicted molar refractivity (Wildman–Crippen MR) is 71.8 cm³/mol. The maximum atomic E-state index is 11.3. The number of carbonyl (C=O) groups is 1. The van der Waals surface area contributed by atoms with Gasteiger partial charge >= 0.3 is 5.97 Å². The molecule has 1 aromatic rings. The molecule has 2 heterocycles. The molecule has 7 nitrogen and oxygen atoms in total. The topological polar surface area (TPSA) is 77.5 Å². The van der Waals surface area contributed by atoms with Crippen LogP contribution in [0.4, 0.5) is 0 Å². The van der Waals surface area contributed by atoms with Gasteiger partial charge in [0, 0.05) is 13.1 Å². The van der Waals surface area contributed by atoms with E-state index in [0.29, 0.717) is 36.9 Å². The minimum atomic E-state index is -0.873. The third-order valence-electron chi connectivity index (χ3n) is 3.63. The summed E-state index contributed by atoms with van der Waals surface area (Å²) in [5.41, 5.74) is 0.921. The molecule has 7 heteroatoms. The van der Waals surface area contributed by atoms with Crippen molar-refractivity contribution in [2.24, 2.45) is 0 Å². The van der Waals surface area contributed by atoms with Crippen molar-refractivity contribution in [2.75, 3.05) is 33.7 Å². The van der Waals surface area contributed by atoms with Gasteiger partial charge in [-0.3, -0.25) is 9.69 Å². The van der Waals surface area contributed by atoms with Crippen molar-refractivity contribution in [3.63, 3.8) is 0 Å². The molecule has 1 saturated heterocycles. The van der Waals surface area contributed by atoms with Crippen LogP contribution in [-0.4, -0.2) is 55.7 Å². The van der Waals surface area contributed by atoms with Gasteiger partial charge in [0.05, 0.1) is 20.3 Å². The molecule has 1 unspecified atom stereocenters. The summed E-state index contributed by atoms with van der Waals surface area (Å²) in [6.45, 7) is 1.98. The van der Waals surface area contributed by atoms with Crippen LogP contribution in [0.2, 0.25) is 0 Å². The van der Waals surface area contributed by atoms with Crippen LogP contribution in [0.5, 0.6) is 17.2 Å². The molecule has 0 saturated carbocycles. The summed E-state index contributed by atoms with van der Waals surface area (Å²) in [7, 11) is 1.57. The van der Waals surface area contributed by atoms with Crippen LogP contribution in [0, 0.1) is 0 Å². The third-order valence-corrected chi connectivity index (χ3v) is 3.63. The molecule has 3 rings (SSSR count). The molecule has 1 atom stereocenters. The number of methoxy groups -OCH3 is 1. The molecule has 0 amide bonds. The van der Waals surface area contributed by atoms with E-state index >= 15 is 0 Å². The number of benzene rings is 1. The molecule has 1 fully saturated rings. The first-order valence-electron chi connectivity index (χ1n) is 6.70. The van der Waals surface area contributed by atoms with Crippen LogP contribution >= 0.6 is 0 Å². The van der Waals surface area contributed by atoms with Crippen LogP contribution in [0.3, 0.4) is 0 Å². The summed E-state index contributed by atoms with van der Waals surface area (Å²) >= 11 is 0. The van der Waals surface area contributed by atoms with Gasteiger partial charge in [0.25, 0.3) is 0 Å². The van der Waals surface area contributed by atoms with Crippen molar-refractivity contribution in [1.29, 1.82) is 0 Å². The highest BCUT2D eigenvalue weighted by Gasteiger charge is 2.30. The summed E-state index contributed by atoms with van der Waals surface area (Å²) in [5, 5.41) is 9.25. The molecule has 0 aliphatic carbocycles. The number of nitrogens with zero attached hydrogens (tertiary/aromatic N) is 1. The van der Waals surface area contributed by atoms with E-state index in [2.05, 4.69) is 0 Å². The van der Waals surface area contributed by atoms with Gasteiger partial charge < -0.3 is 24.1 Å². The summed E-state index contributed by atoms with van der Waals surface area (Å²) in [5.74, 6) is 0.949. The van der Waals surface area contributed by atoms with Crippen molar-refractivity contribution in [3.8, 4) is 17.2 Å². The number of hydrogen-bond donors (Lipinski definition) is 1. The molecule has 21 heavy (non-hydrogen) atoms. The summed E-state index contributed by atoms with van der Waals surface area (Å²) in [6, 6.07) is 3.08. The summed E-state index contributed by atoms with van der Waals surface area (Å²) in [4.78, 5) is 13.2. The number of carboxylic acids is 1. The number of rotatable bonds is 4. The molecule has 0 spiro atoms. The van der Waals surface area contributed by atoms with Crippen LogP contribution < -0.4 is 14.2 Å². The van der Waals surface area contributed by atoms with E-state index in [-0.39, 0.29) is 13.4 Å². The number of ether oxygens (including phenoxy) is 4. The van der Waals surface area contributed by atoms with Crippen LogP contribution in [-0.2, 0) is 16.1 Å². The van der Waals surface area contributed by atoms with Gasteiger partial charge in [-0.15, -0.1) is 0 Å². The van der Waals surface area contributed by atoms with Gasteiger partial charge in [-0.25, -0.2) is 0 Å². The van der Waals surface area contributed by atoms with E-state index in [0.717, 1.165) is 5.56 Å². The lowest BCUT2D eigenvalue weighted by molar-refractivity contribution is -0.150. The standard InChI is InChI=1S/C14H17NO6/c1-18-11-4-9(5-12-13(11)21-8-20-12)6-15-2-3-19-7-10(15)14(16)17/h4-5,10H,2-3,6-8H2,1H3,(H,16,17). The third kappa shape index (κ3) is 2.74. The molecule has 2 aliphatic rings. The average molecular weight is 295 g/mol. The van der Waals surface area contributed by atoms with Gasteiger partial charge in [0.15, 0.2) is 11.5 Å². The largest absolute Gasteiger partial charge is 0.493 e. The minimum absolute atomic E-state index is 0.171. The highest BCUT2D eigenvalue weighted by atomic mass is 16.7. The van der Waals surface area contributed by atoms with E-state index in [1.807, 2.05) is 17.0 Å². The number of morpholine rings is 1. The fourth-order valence-corrected chi connectivity index (χ4v) is 2.56. The SMILES string of the molecule is COc1cc(CN2CCOCC2C(=O)O)cc2c1OCO2. The van der Waals surface area contributed by atoms with Gasteiger partial charge in [-0.2, -0.15) is 0 Å². The van der Waals surface area contributed by atoms with Crippen molar-refractivity contribution in [2.45, 2.75) is 12.6 Å². The maximum absolute atomic E-state index is 11.3. The minimum Gasteiger partial charge on any atom is -0.493 e. The molecule has 1 N–H and O–H groups in total. The second-order valence-electron chi connectivity index (χ2n) is 4.93. The fraction of sp³-hybridized carbons (Fsp3) is 0.500. The zero-order valence-electron chi connectivity index (χ0n) is 11.7. The van der Waals surface area contributed by atoms with Crippen molar-refractivity contribution < 1.29 is 28.8 Å². The Labute approximate surface area is 122 Å². The molecule has 0 radical (unpaired) electrons. The van der Waals surface area contributed by atoms with Gasteiger partial charge in [0.1, 0.15) is 6.04 Å². The van der Waals surface area contributed by atoms with Crippen LogP contribution in [0.25, 0.3) is 0 Å². The molecule has 114 valence electrons. The van der Waals surface area contributed by atoms with Gasteiger partial charge in [-0.05, 0) is 17.7 Å². The lowest BCUT2D eigenvalue weighted by atomic mass is 10.1. The smallest absolute Gasteiger partial charge is 0.323 e. The predicted octanol–water partition coefficient (Wildman–Crippen LogP) is 0.709. The monoisotopic (exact) mass is 295 g/mol. The van der Waals surface area contributed by atoms with E-state index in [4.69, 9.17) is 18.9 Å². The molecule has 0 aromatic heterocycles. The lowest BCUT2D eigenvalue weighted by Gasteiger charge is -2.32. The Balaban J connectivity index is 1.82. The number of fused-ring (bicyclic) bond motifs is 1. The van der Waals surface area contributed by atoms with Gasteiger partial charge in [-0.1, -0.05) is 0 Å². The number of aliphatic carboxylic acids is 1. The Hall–Kier alpha value is -1.99. The zero-order chi connectivity index (χ0) is 14.8. The van der Waals surface area contributed by atoms with E-state index in [1.165, 1.54) is 0 Å². The Morgan fingerprint density at radius 1 is 1.48 bits per heavy atom.